The Morgan fingerprint density at radius 3 is 3.07 bits per heavy atom. The first kappa shape index (κ1) is 9.21. The molecule has 1 fully saturated rings. The quantitative estimate of drug-likeness (QED) is 0.607. The molecule has 5 heteroatoms. The van der Waals surface area contributed by atoms with Gasteiger partial charge in [0.25, 0.3) is 0 Å². The van der Waals surface area contributed by atoms with Gasteiger partial charge in [0.1, 0.15) is 5.82 Å². The minimum Gasteiger partial charge on any atom is -0.354 e. The summed E-state index contributed by atoms with van der Waals surface area (Å²) in [6.07, 6.45) is 5.79. The molecule has 1 aromatic heterocycles. The van der Waals surface area contributed by atoms with Gasteiger partial charge in [-0.3, -0.25) is 4.79 Å². The molecule has 1 aromatic rings. The maximum Gasteiger partial charge on any atom is 0.240 e. The van der Waals surface area contributed by atoms with Gasteiger partial charge in [0.15, 0.2) is 0 Å². The number of nitrogens with one attached hydrogen (secondary N) is 2. The van der Waals surface area contributed by atoms with Crippen LogP contribution in [-0.2, 0) is 11.2 Å². The highest BCUT2D eigenvalue weighted by atomic mass is 16.2. The molecule has 2 rings (SSSR count). The van der Waals surface area contributed by atoms with Crippen molar-refractivity contribution in [2.24, 2.45) is 5.73 Å². The molecule has 1 heterocycles. The molecule has 0 bridgehead atoms. The van der Waals surface area contributed by atoms with Crippen molar-refractivity contribution in [3.8, 4) is 0 Å². The molecule has 1 amide bonds. The standard InChI is InChI=1S/C9H14N4O/c10-9(2-3-9)8(14)13-4-1-7-11-5-6-12-7/h5-6H,1-4,10H2,(H,11,12)(H,13,14). The lowest BCUT2D eigenvalue weighted by Crippen LogP contribution is -2.43. The van der Waals surface area contributed by atoms with E-state index in [2.05, 4.69) is 15.3 Å². The van der Waals surface area contributed by atoms with Gasteiger partial charge >= 0.3 is 0 Å². The highest BCUT2D eigenvalue weighted by Crippen LogP contribution is 2.31. The lowest BCUT2D eigenvalue weighted by molar-refractivity contribution is -0.123. The van der Waals surface area contributed by atoms with Crippen molar-refractivity contribution in [1.29, 1.82) is 0 Å². The van der Waals surface area contributed by atoms with Gasteiger partial charge in [-0.15, -0.1) is 0 Å². The lowest BCUT2D eigenvalue weighted by Gasteiger charge is -2.08. The molecule has 1 saturated carbocycles. The molecule has 0 spiro atoms. The summed E-state index contributed by atoms with van der Waals surface area (Å²) in [7, 11) is 0. The summed E-state index contributed by atoms with van der Waals surface area (Å²) in [4.78, 5) is 18.4. The van der Waals surface area contributed by atoms with E-state index in [1.807, 2.05) is 0 Å². The van der Waals surface area contributed by atoms with Gasteiger partial charge in [0, 0.05) is 25.4 Å². The predicted molar refractivity (Wildman–Crippen MR) is 51.5 cm³/mol. The fraction of sp³-hybridized carbons (Fsp3) is 0.556. The molecule has 4 N–H and O–H groups in total. The van der Waals surface area contributed by atoms with Gasteiger partial charge in [0.2, 0.25) is 5.91 Å². The van der Waals surface area contributed by atoms with Crippen LogP contribution < -0.4 is 11.1 Å². The van der Waals surface area contributed by atoms with E-state index in [9.17, 15) is 4.79 Å². The van der Waals surface area contributed by atoms with E-state index < -0.39 is 5.54 Å². The Balaban J connectivity index is 1.71. The Kier molecular flexibility index (Phi) is 2.25. The Hall–Kier alpha value is -1.36. The zero-order chi connectivity index (χ0) is 10.0. The molecule has 0 aliphatic heterocycles. The zero-order valence-electron chi connectivity index (χ0n) is 7.92. The molecule has 0 radical (unpaired) electrons. The number of carbonyl (C=O) groups excluding carboxylic acids is 1. The Labute approximate surface area is 82.1 Å². The summed E-state index contributed by atoms with van der Waals surface area (Å²) in [5.41, 5.74) is 5.15. The van der Waals surface area contributed by atoms with Crippen molar-refractivity contribution in [1.82, 2.24) is 15.3 Å². The molecule has 1 aliphatic carbocycles. The number of nitrogens with two attached hydrogens (primary N) is 1. The average molecular weight is 194 g/mol. The van der Waals surface area contributed by atoms with Crippen LogP contribution in [0.2, 0.25) is 0 Å². The highest BCUT2D eigenvalue weighted by Gasteiger charge is 2.45. The van der Waals surface area contributed by atoms with Crippen molar-refractivity contribution >= 4 is 5.91 Å². The second-order valence-corrected chi connectivity index (χ2v) is 3.70. The van der Waals surface area contributed by atoms with Gasteiger partial charge in [-0.05, 0) is 12.8 Å². The van der Waals surface area contributed by atoms with Crippen LogP contribution in [0.3, 0.4) is 0 Å². The van der Waals surface area contributed by atoms with Crippen LogP contribution in [0, 0.1) is 0 Å². The number of hydrogen-bond acceptors (Lipinski definition) is 3. The Morgan fingerprint density at radius 2 is 2.50 bits per heavy atom. The molecule has 76 valence electrons. The summed E-state index contributed by atoms with van der Waals surface area (Å²) in [6.45, 7) is 0.589. The van der Waals surface area contributed by atoms with E-state index >= 15 is 0 Å². The third kappa shape index (κ3) is 1.93. The maximum absolute atomic E-state index is 11.4. The van der Waals surface area contributed by atoms with E-state index in [1.54, 1.807) is 12.4 Å². The first-order chi connectivity index (χ1) is 6.71. The van der Waals surface area contributed by atoms with Gasteiger partial charge in [-0.2, -0.15) is 0 Å². The summed E-state index contributed by atoms with van der Waals surface area (Å²) >= 11 is 0. The van der Waals surface area contributed by atoms with Crippen LogP contribution >= 0.6 is 0 Å². The Morgan fingerprint density at radius 1 is 1.71 bits per heavy atom. The summed E-state index contributed by atoms with van der Waals surface area (Å²) in [6, 6.07) is 0. The van der Waals surface area contributed by atoms with Crippen LogP contribution in [0.25, 0.3) is 0 Å². The minimum atomic E-state index is -0.566. The van der Waals surface area contributed by atoms with Crippen LogP contribution in [0.15, 0.2) is 12.4 Å². The number of imidazole rings is 1. The van der Waals surface area contributed by atoms with Crippen LogP contribution in [-0.4, -0.2) is 28.0 Å². The fourth-order valence-electron chi connectivity index (χ4n) is 1.27. The van der Waals surface area contributed by atoms with Crippen molar-refractivity contribution in [3.63, 3.8) is 0 Å². The van der Waals surface area contributed by atoms with Gasteiger partial charge in [0.05, 0.1) is 5.54 Å². The number of aromatic amines is 1. The molecule has 0 atom stereocenters. The van der Waals surface area contributed by atoms with Crippen LogP contribution in [0.5, 0.6) is 0 Å². The van der Waals surface area contributed by atoms with Crippen molar-refractivity contribution in [2.45, 2.75) is 24.8 Å². The summed E-state index contributed by atoms with van der Waals surface area (Å²) < 4.78 is 0. The molecule has 0 unspecified atom stereocenters. The molecule has 14 heavy (non-hydrogen) atoms. The van der Waals surface area contributed by atoms with Crippen molar-refractivity contribution in [3.05, 3.63) is 18.2 Å². The van der Waals surface area contributed by atoms with E-state index in [-0.39, 0.29) is 5.91 Å². The molecular weight excluding hydrogens is 180 g/mol. The molecule has 0 aromatic carbocycles. The number of rotatable bonds is 4. The number of aromatic nitrogens is 2. The van der Waals surface area contributed by atoms with Crippen molar-refractivity contribution < 1.29 is 4.79 Å². The van der Waals surface area contributed by atoms with Gasteiger partial charge < -0.3 is 16.0 Å². The SMILES string of the molecule is NC1(C(=O)NCCc2ncc[nH]2)CC1. The van der Waals surface area contributed by atoms with Gasteiger partial charge in [-0.1, -0.05) is 0 Å². The van der Waals surface area contributed by atoms with Crippen LogP contribution in [0.1, 0.15) is 18.7 Å². The second kappa shape index (κ2) is 3.42. The van der Waals surface area contributed by atoms with Crippen molar-refractivity contribution in [2.75, 3.05) is 6.54 Å². The molecule has 0 saturated heterocycles. The molecule has 1 aliphatic rings. The normalized spacial score (nSPS) is 17.8. The lowest BCUT2D eigenvalue weighted by atomic mass is 10.2. The number of hydrogen-bond donors (Lipinski definition) is 3. The average Bonchev–Trinajstić information content (AvgIpc) is 2.73. The highest BCUT2D eigenvalue weighted by molar-refractivity contribution is 5.88. The molecular formula is C9H14N4O. The summed E-state index contributed by atoms with van der Waals surface area (Å²) in [5, 5.41) is 2.80. The zero-order valence-corrected chi connectivity index (χ0v) is 7.92. The van der Waals surface area contributed by atoms with E-state index in [4.69, 9.17) is 5.73 Å². The summed E-state index contributed by atoms with van der Waals surface area (Å²) in [5.74, 6) is 0.844. The monoisotopic (exact) mass is 194 g/mol. The Bertz CT molecular complexity index is 316. The number of H-pyrrole nitrogens is 1. The van der Waals surface area contributed by atoms with E-state index in [0.717, 1.165) is 25.1 Å². The largest absolute Gasteiger partial charge is 0.354 e. The fourth-order valence-corrected chi connectivity index (χ4v) is 1.27. The predicted octanol–water partition coefficient (Wildman–Crippen LogP) is -0.440. The first-order valence-corrected chi connectivity index (χ1v) is 4.76. The third-order valence-corrected chi connectivity index (χ3v) is 2.44. The third-order valence-electron chi connectivity index (χ3n) is 2.44. The smallest absolute Gasteiger partial charge is 0.240 e. The topological polar surface area (TPSA) is 83.8 Å². The minimum absolute atomic E-state index is 0.0379. The van der Waals surface area contributed by atoms with E-state index in [0.29, 0.717) is 6.54 Å². The molecule has 5 nitrogen and oxygen atoms in total. The maximum atomic E-state index is 11.4. The van der Waals surface area contributed by atoms with Crippen LogP contribution in [0.4, 0.5) is 0 Å². The second-order valence-electron chi connectivity index (χ2n) is 3.70. The number of amides is 1. The number of nitrogens with zero attached hydrogens (tertiary/aromatic N) is 1. The van der Waals surface area contributed by atoms with Gasteiger partial charge in [-0.25, -0.2) is 4.98 Å². The number of carbonyl (C=O) groups is 1. The first-order valence-electron chi connectivity index (χ1n) is 4.76. The van der Waals surface area contributed by atoms with E-state index in [1.165, 1.54) is 0 Å².